The van der Waals surface area contributed by atoms with Crippen LogP contribution in [0.3, 0.4) is 0 Å². The Labute approximate surface area is 118 Å². The number of benzene rings is 1. The van der Waals surface area contributed by atoms with E-state index in [2.05, 4.69) is 11.8 Å². The first-order chi connectivity index (χ1) is 9.67. The van der Waals surface area contributed by atoms with Crippen molar-refractivity contribution in [1.82, 2.24) is 4.90 Å². The van der Waals surface area contributed by atoms with E-state index >= 15 is 0 Å². The van der Waals surface area contributed by atoms with Crippen LogP contribution in [-0.4, -0.2) is 35.1 Å². The van der Waals surface area contributed by atoms with Gasteiger partial charge in [-0.15, -0.1) is 0 Å². The largest absolute Gasteiger partial charge is 0.395 e. The van der Waals surface area contributed by atoms with Crippen molar-refractivity contribution in [2.24, 2.45) is 0 Å². The Morgan fingerprint density at radius 3 is 2.85 bits per heavy atom. The maximum Gasteiger partial charge on any atom is 0.255 e. The summed E-state index contributed by atoms with van der Waals surface area (Å²) < 4.78 is 13.3. The normalized spacial score (nSPS) is 13.6. The molecule has 1 aromatic carbocycles. The summed E-state index contributed by atoms with van der Waals surface area (Å²) in [5.41, 5.74) is 0.827. The van der Waals surface area contributed by atoms with E-state index in [9.17, 15) is 9.18 Å². The summed E-state index contributed by atoms with van der Waals surface area (Å²) in [7, 11) is 0. The van der Waals surface area contributed by atoms with Crippen LogP contribution in [0.5, 0.6) is 0 Å². The second kappa shape index (κ2) is 6.53. The van der Waals surface area contributed by atoms with Crippen LogP contribution in [-0.2, 0) is 0 Å². The Balaban J connectivity index is 2.30. The van der Waals surface area contributed by atoms with Crippen LogP contribution in [0.25, 0.3) is 0 Å². The highest BCUT2D eigenvalue weighted by molar-refractivity contribution is 5.97. The van der Waals surface area contributed by atoms with Gasteiger partial charge in [0.2, 0.25) is 0 Å². The molecule has 0 saturated heterocycles. The molecule has 3 nitrogen and oxygen atoms in total. The molecule has 1 aliphatic rings. The predicted molar refractivity (Wildman–Crippen MR) is 74.7 cm³/mol. The molecule has 0 aromatic heterocycles. The van der Waals surface area contributed by atoms with Crippen LogP contribution in [0.4, 0.5) is 4.39 Å². The van der Waals surface area contributed by atoms with Crippen molar-refractivity contribution in [3.63, 3.8) is 0 Å². The molecule has 1 saturated carbocycles. The van der Waals surface area contributed by atoms with Crippen molar-refractivity contribution >= 4 is 5.91 Å². The number of hydrogen-bond donors (Lipinski definition) is 1. The zero-order valence-corrected chi connectivity index (χ0v) is 11.5. The van der Waals surface area contributed by atoms with Gasteiger partial charge >= 0.3 is 0 Å². The number of aliphatic hydroxyl groups is 1. The van der Waals surface area contributed by atoms with E-state index in [4.69, 9.17) is 5.11 Å². The topological polar surface area (TPSA) is 40.5 Å². The minimum atomic E-state index is -0.413. The molecule has 0 aliphatic heterocycles. The summed E-state index contributed by atoms with van der Waals surface area (Å²) in [6, 6.07) is 4.37. The molecule has 1 amide bonds. The molecule has 1 aliphatic carbocycles. The lowest BCUT2D eigenvalue weighted by molar-refractivity contribution is 0.0752. The maximum atomic E-state index is 13.3. The summed E-state index contributed by atoms with van der Waals surface area (Å²) in [5.74, 6) is 5.01. The van der Waals surface area contributed by atoms with Crippen molar-refractivity contribution in [3.8, 4) is 11.8 Å². The molecule has 106 valence electrons. The Morgan fingerprint density at radius 2 is 2.25 bits per heavy atom. The van der Waals surface area contributed by atoms with Gasteiger partial charge in [-0.2, -0.15) is 0 Å². The van der Waals surface area contributed by atoms with Gasteiger partial charge in [-0.25, -0.2) is 4.39 Å². The summed E-state index contributed by atoms with van der Waals surface area (Å²) in [5, 5.41) is 8.73. The summed E-state index contributed by atoms with van der Waals surface area (Å²) in [4.78, 5) is 14.3. The molecule has 0 spiro atoms. The minimum Gasteiger partial charge on any atom is -0.395 e. The lowest BCUT2D eigenvalue weighted by Crippen LogP contribution is -2.33. The fraction of sp³-hybridized carbons (Fsp3) is 0.438. The van der Waals surface area contributed by atoms with E-state index in [1.54, 1.807) is 0 Å². The third kappa shape index (κ3) is 3.37. The number of nitrogens with zero attached hydrogens (tertiary/aromatic N) is 1. The first kappa shape index (κ1) is 14.5. The molecule has 2 rings (SSSR count). The van der Waals surface area contributed by atoms with E-state index in [0.29, 0.717) is 30.1 Å². The summed E-state index contributed by atoms with van der Waals surface area (Å²) in [6.45, 7) is 2.54. The van der Waals surface area contributed by atoms with Gasteiger partial charge < -0.3 is 10.0 Å². The molecule has 20 heavy (non-hydrogen) atoms. The van der Waals surface area contributed by atoms with Crippen molar-refractivity contribution in [2.75, 3.05) is 13.2 Å². The molecule has 1 N–H and O–H groups in total. The SMILES string of the molecule is CCN(C(=O)c1ccc(F)cc1C#CCCO)C1CC1. The molecule has 0 heterocycles. The number of halogens is 1. The van der Waals surface area contributed by atoms with E-state index in [1.165, 1.54) is 18.2 Å². The monoisotopic (exact) mass is 275 g/mol. The highest BCUT2D eigenvalue weighted by Gasteiger charge is 2.32. The Kier molecular flexibility index (Phi) is 4.75. The van der Waals surface area contributed by atoms with Crippen molar-refractivity contribution in [1.29, 1.82) is 0 Å². The number of carbonyl (C=O) groups excluding carboxylic acids is 1. The number of aliphatic hydroxyl groups excluding tert-OH is 1. The Hall–Kier alpha value is -1.86. The third-order valence-corrected chi connectivity index (χ3v) is 3.26. The van der Waals surface area contributed by atoms with Crippen molar-refractivity contribution in [2.45, 2.75) is 32.2 Å². The number of carbonyl (C=O) groups is 1. The van der Waals surface area contributed by atoms with Gasteiger partial charge in [0.15, 0.2) is 0 Å². The van der Waals surface area contributed by atoms with Gasteiger partial charge in [0.05, 0.1) is 12.2 Å². The lowest BCUT2D eigenvalue weighted by atomic mass is 10.1. The van der Waals surface area contributed by atoms with Crippen LogP contribution < -0.4 is 0 Å². The fourth-order valence-corrected chi connectivity index (χ4v) is 2.13. The average molecular weight is 275 g/mol. The molecular formula is C16H18FNO2. The molecule has 0 bridgehead atoms. The maximum absolute atomic E-state index is 13.3. The van der Waals surface area contributed by atoms with Crippen molar-refractivity contribution in [3.05, 3.63) is 35.1 Å². The zero-order chi connectivity index (χ0) is 14.5. The average Bonchev–Trinajstić information content (AvgIpc) is 3.24. The quantitative estimate of drug-likeness (QED) is 0.856. The van der Waals surface area contributed by atoms with Crippen molar-refractivity contribution < 1.29 is 14.3 Å². The van der Waals surface area contributed by atoms with Gasteiger partial charge in [-0.1, -0.05) is 11.8 Å². The zero-order valence-electron chi connectivity index (χ0n) is 11.5. The summed E-state index contributed by atoms with van der Waals surface area (Å²) in [6.07, 6.45) is 2.38. The second-order valence-electron chi connectivity index (χ2n) is 4.79. The second-order valence-corrected chi connectivity index (χ2v) is 4.79. The Morgan fingerprint density at radius 1 is 1.50 bits per heavy atom. The third-order valence-electron chi connectivity index (χ3n) is 3.26. The first-order valence-corrected chi connectivity index (χ1v) is 6.87. The predicted octanol–water partition coefficient (Wildman–Crippen LogP) is 2.18. The lowest BCUT2D eigenvalue weighted by Gasteiger charge is -2.21. The Bertz CT molecular complexity index is 555. The molecule has 4 heteroatoms. The van der Waals surface area contributed by atoms with Crippen LogP contribution >= 0.6 is 0 Å². The molecule has 0 unspecified atom stereocenters. The smallest absolute Gasteiger partial charge is 0.255 e. The molecule has 0 atom stereocenters. The molecule has 1 aromatic rings. The number of hydrogen-bond acceptors (Lipinski definition) is 2. The molecule has 1 fully saturated rings. The van der Waals surface area contributed by atoms with E-state index < -0.39 is 5.82 Å². The van der Waals surface area contributed by atoms with Crippen LogP contribution in [0.15, 0.2) is 18.2 Å². The summed E-state index contributed by atoms with van der Waals surface area (Å²) >= 11 is 0. The highest BCUT2D eigenvalue weighted by atomic mass is 19.1. The van der Waals surface area contributed by atoms with Crippen LogP contribution in [0, 0.1) is 17.7 Å². The van der Waals surface area contributed by atoms with Gasteiger partial charge in [0.25, 0.3) is 5.91 Å². The van der Waals surface area contributed by atoms with E-state index in [-0.39, 0.29) is 12.5 Å². The van der Waals surface area contributed by atoms with Gasteiger partial charge in [0, 0.05) is 24.6 Å². The molecular weight excluding hydrogens is 257 g/mol. The van der Waals surface area contributed by atoms with E-state index in [0.717, 1.165) is 12.8 Å². The van der Waals surface area contributed by atoms with E-state index in [1.807, 2.05) is 11.8 Å². The number of amides is 1. The minimum absolute atomic E-state index is 0.0469. The van der Waals surface area contributed by atoms with Gasteiger partial charge in [0.1, 0.15) is 5.82 Å². The van der Waals surface area contributed by atoms with Gasteiger partial charge in [-0.05, 0) is 38.0 Å². The van der Waals surface area contributed by atoms with Gasteiger partial charge in [-0.3, -0.25) is 4.79 Å². The standard InChI is InChI=1S/C16H18FNO2/c1-2-18(14-7-8-14)16(20)15-9-6-13(17)11-12(15)5-3-4-10-19/h6,9,11,14,19H,2,4,7-8,10H2,1H3. The first-order valence-electron chi connectivity index (χ1n) is 6.87. The van der Waals surface area contributed by atoms with Crippen LogP contribution in [0.2, 0.25) is 0 Å². The van der Waals surface area contributed by atoms with Crippen LogP contribution in [0.1, 0.15) is 42.1 Å². The highest BCUT2D eigenvalue weighted by Crippen LogP contribution is 2.28. The fourth-order valence-electron chi connectivity index (χ4n) is 2.13. The molecule has 0 radical (unpaired) electrons. The number of rotatable bonds is 4.